The van der Waals surface area contributed by atoms with Crippen LogP contribution in [0.4, 0.5) is 5.82 Å². The highest BCUT2D eigenvalue weighted by Crippen LogP contribution is 2.20. The van der Waals surface area contributed by atoms with E-state index in [2.05, 4.69) is 15.6 Å². The van der Waals surface area contributed by atoms with Crippen LogP contribution in [0.15, 0.2) is 18.3 Å². The lowest BCUT2D eigenvalue weighted by Crippen LogP contribution is -2.32. The van der Waals surface area contributed by atoms with E-state index in [1.54, 1.807) is 6.20 Å². The largest absolute Gasteiger partial charge is 0.490 e. The Balaban J connectivity index is 1.70. The Morgan fingerprint density at radius 1 is 1.20 bits per heavy atom. The molecule has 2 rings (SSSR count). The summed E-state index contributed by atoms with van der Waals surface area (Å²) in [6, 6.07) is 4.56. The molecule has 0 saturated heterocycles. The lowest BCUT2D eigenvalue weighted by Gasteiger charge is -2.17. The van der Waals surface area contributed by atoms with Crippen LogP contribution < -0.4 is 15.4 Å². The summed E-state index contributed by atoms with van der Waals surface area (Å²) >= 11 is 0. The summed E-state index contributed by atoms with van der Waals surface area (Å²) in [5.41, 5.74) is 0. The second-order valence-electron chi connectivity index (χ2n) is 5.35. The Kier molecular flexibility index (Phi) is 6.64. The number of hydrogen-bond donors (Lipinski definition) is 2. The Labute approximate surface area is 122 Å². The summed E-state index contributed by atoms with van der Waals surface area (Å²) in [7, 11) is 0. The zero-order chi connectivity index (χ0) is 14.0. The van der Waals surface area contributed by atoms with Crippen molar-refractivity contribution in [1.29, 1.82) is 0 Å². The number of anilines is 1. The molecule has 1 heterocycles. The molecule has 1 aromatic rings. The normalized spacial score (nSPS) is 16.6. The molecule has 4 heteroatoms. The molecule has 1 aromatic heterocycles. The van der Waals surface area contributed by atoms with Gasteiger partial charge in [0.05, 0.1) is 6.61 Å². The molecule has 1 aliphatic rings. The fourth-order valence-corrected chi connectivity index (χ4v) is 2.74. The molecule has 0 radical (unpaired) electrons. The van der Waals surface area contributed by atoms with Gasteiger partial charge in [-0.1, -0.05) is 25.7 Å². The van der Waals surface area contributed by atoms with E-state index in [0.29, 0.717) is 12.6 Å². The Morgan fingerprint density at radius 2 is 2.00 bits per heavy atom. The first-order valence-electron chi connectivity index (χ1n) is 7.95. The number of aromatic nitrogens is 1. The highest BCUT2D eigenvalue weighted by Gasteiger charge is 2.11. The smallest absolute Gasteiger partial charge is 0.168 e. The van der Waals surface area contributed by atoms with Crippen molar-refractivity contribution in [3.63, 3.8) is 0 Å². The van der Waals surface area contributed by atoms with Gasteiger partial charge < -0.3 is 15.4 Å². The summed E-state index contributed by atoms with van der Waals surface area (Å²) in [4.78, 5) is 4.33. The average molecular weight is 277 g/mol. The molecular weight excluding hydrogens is 250 g/mol. The van der Waals surface area contributed by atoms with Gasteiger partial charge in [0.1, 0.15) is 0 Å². The van der Waals surface area contributed by atoms with Crippen LogP contribution in [-0.4, -0.2) is 30.7 Å². The molecule has 0 bridgehead atoms. The van der Waals surface area contributed by atoms with Crippen molar-refractivity contribution in [2.75, 3.05) is 25.0 Å². The third-order valence-electron chi connectivity index (χ3n) is 3.78. The first-order chi connectivity index (χ1) is 9.90. The number of hydrogen-bond acceptors (Lipinski definition) is 4. The molecular formula is C16H27N3O. The Morgan fingerprint density at radius 3 is 2.75 bits per heavy atom. The van der Waals surface area contributed by atoms with Crippen molar-refractivity contribution in [1.82, 2.24) is 10.3 Å². The SMILES string of the molecule is CCOc1cccnc1NCCNC1CCCCCC1. The van der Waals surface area contributed by atoms with E-state index in [-0.39, 0.29) is 0 Å². The van der Waals surface area contributed by atoms with Crippen LogP contribution in [0.3, 0.4) is 0 Å². The van der Waals surface area contributed by atoms with Crippen LogP contribution in [-0.2, 0) is 0 Å². The maximum atomic E-state index is 5.56. The molecule has 1 saturated carbocycles. The van der Waals surface area contributed by atoms with Gasteiger partial charge in [0.2, 0.25) is 0 Å². The molecule has 0 amide bonds. The van der Waals surface area contributed by atoms with Crippen LogP contribution >= 0.6 is 0 Å². The number of nitrogens with zero attached hydrogens (tertiary/aromatic N) is 1. The van der Waals surface area contributed by atoms with E-state index in [1.165, 1.54) is 38.5 Å². The van der Waals surface area contributed by atoms with Crippen molar-refractivity contribution in [2.45, 2.75) is 51.5 Å². The molecule has 1 aliphatic carbocycles. The molecule has 1 fully saturated rings. The lowest BCUT2D eigenvalue weighted by molar-refractivity contribution is 0.340. The quantitative estimate of drug-likeness (QED) is 0.593. The number of nitrogens with one attached hydrogen (secondary N) is 2. The van der Waals surface area contributed by atoms with Gasteiger partial charge >= 0.3 is 0 Å². The van der Waals surface area contributed by atoms with Crippen molar-refractivity contribution in [2.24, 2.45) is 0 Å². The van der Waals surface area contributed by atoms with Crippen molar-refractivity contribution < 1.29 is 4.74 Å². The van der Waals surface area contributed by atoms with Gasteiger partial charge in [-0.05, 0) is 31.9 Å². The Bertz CT molecular complexity index is 376. The lowest BCUT2D eigenvalue weighted by atomic mass is 10.1. The molecule has 4 nitrogen and oxygen atoms in total. The number of rotatable bonds is 7. The standard InChI is InChI=1S/C16H27N3O/c1-2-20-15-10-7-11-18-16(15)19-13-12-17-14-8-5-3-4-6-9-14/h7,10-11,14,17H,2-6,8-9,12-13H2,1H3,(H,18,19). The minimum atomic E-state index is 0.667. The molecule has 0 atom stereocenters. The van der Waals surface area contributed by atoms with E-state index in [1.807, 2.05) is 19.1 Å². The second-order valence-corrected chi connectivity index (χ2v) is 5.35. The van der Waals surface area contributed by atoms with E-state index >= 15 is 0 Å². The van der Waals surface area contributed by atoms with E-state index < -0.39 is 0 Å². The van der Waals surface area contributed by atoms with E-state index in [4.69, 9.17) is 4.74 Å². The maximum Gasteiger partial charge on any atom is 0.168 e. The fraction of sp³-hybridized carbons (Fsp3) is 0.688. The number of ether oxygens (including phenoxy) is 1. The molecule has 112 valence electrons. The average Bonchev–Trinajstić information content (AvgIpc) is 2.74. The van der Waals surface area contributed by atoms with Crippen molar-refractivity contribution in [3.8, 4) is 5.75 Å². The van der Waals surface area contributed by atoms with Crippen LogP contribution in [0.2, 0.25) is 0 Å². The molecule has 0 spiro atoms. The summed E-state index contributed by atoms with van der Waals surface area (Å²) in [6.07, 6.45) is 10.0. The molecule has 0 unspecified atom stereocenters. The summed E-state index contributed by atoms with van der Waals surface area (Å²) in [5.74, 6) is 1.68. The van der Waals surface area contributed by atoms with Crippen LogP contribution in [0.25, 0.3) is 0 Å². The minimum absolute atomic E-state index is 0.667. The monoisotopic (exact) mass is 277 g/mol. The van der Waals surface area contributed by atoms with Crippen LogP contribution in [0, 0.1) is 0 Å². The van der Waals surface area contributed by atoms with Crippen molar-refractivity contribution in [3.05, 3.63) is 18.3 Å². The summed E-state index contributed by atoms with van der Waals surface area (Å²) in [5, 5.41) is 7.01. The minimum Gasteiger partial charge on any atom is -0.490 e. The molecule has 2 N–H and O–H groups in total. The fourth-order valence-electron chi connectivity index (χ4n) is 2.74. The topological polar surface area (TPSA) is 46.2 Å². The van der Waals surface area contributed by atoms with Gasteiger partial charge in [0.15, 0.2) is 11.6 Å². The zero-order valence-electron chi connectivity index (χ0n) is 12.5. The third-order valence-corrected chi connectivity index (χ3v) is 3.78. The summed E-state index contributed by atoms with van der Waals surface area (Å²) < 4.78 is 5.56. The van der Waals surface area contributed by atoms with Gasteiger partial charge in [-0.25, -0.2) is 4.98 Å². The predicted molar refractivity (Wildman–Crippen MR) is 83.4 cm³/mol. The Hall–Kier alpha value is -1.29. The van der Waals surface area contributed by atoms with E-state index in [9.17, 15) is 0 Å². The zero-order valence-corrected chi connectivity index (χ0v) is 12.5. The highest BCUT2D eigenvalue weighted by atomic mass is 16.5. The summed E-state index contributed by atoms with van der Waals surface area (Å²) in [6.45, 7) is 4.52. The molecule has 0 aromatic carbocycles. The van der Waals surface area contributed by atoms with Gasteiger partial charge in [0, 0.05) is 25.3 Å². The van der Waals surface area contributed by atoms with E-state index in [0.717, 1.165) is 24.7 Å². The molecule has 20 heavy (non-hydrogen) atoms. The maximum absolute atomic E-state index is 5.56. The second kappa shape index (κ2) is 8.80. The van der Waals surface area contributed by atoms with Gasteiger partial charge in [-0.15, -0.1) is 0 Å². The third kappa shape index (κ3) is 5.00. The highest BCUT2D eigenvalue weighted by molar-refractivity contribution is 5.49. The predicted octanol–water partition coefficient (Wildman–Crippen LogP) is 3.20. The van der Waals surface area contributed by atoms with Crippen molar-refractivity contribution >= 4 is 5.82 Å². The van der Waals surface area contributed by atoms with Gasteiger partial charge in [0.25, 0.3) is 0 Å². The first kappa shape index (κ1) is 15.1. The van der Waals surface area contributed by atoms with Gasteiger partial charge in [-0.2, -0.15) is 0 Å². The number of pyridine rings is 1. The molecule has 0 aliphatic heterocycles. The first-order valence-corrected chi connectivity index (χ1v) is 7.95. The van der Waals surface area contributed by atoms with Gasteiger partial charge in [-0.3, -0.25) is 0 Å². The van der Waals surface area contributed by atoms with Crippen LogP contribution in [0.5, 0.6) is 5.75 Å². The van der Waals surface area contributed by atoms with Crippen LogP contribution in [0.1, 0.15) is 45.4 Å².